The van der Waals surface area contributed by atoms with Crippen LogP contribution in [-0.2, 0) is 16.4 Å². The van der Waals surface area contributed by atoms with Crippen molar-refractivity contribution in [2.75, 3.05) is 12.4 Å². The van der Waals surface area contributed by atoms with Gasteiger partial charge < -0.3 is 10.8 Å². The van der Waals surface area contributed by atoms with Crippen molar-refractivity contribution in [3.8, 4) is 11.3 Å². The minimum absolute atomic E-state index is 0.000616. The van der Waals surface area contributed by atoms with Crippen molar-refractivity contribution in [2.24, 2.45) is 16.1 Å². The Morgan fingerprint density at radius 1 is 1.18 bits per heavy atom. The summed E-state index contributed by atoms with van der Waals surface area (Å²) in [5.41, 5.74) is 9.59. The van der Waals surface area contributed by atoms with Gasteiger partial charge in [-0.25, -0.2) is 13.4 Å². The van der Waals surface area contributed by atoms with Gasteiger partial charge in [-0.3, -0.25) is 4.99 Å². The highest BCUT2D eigenvalue weighted by molar-refractivity contribution is 7.91. The first-order valence-electron chi connectivity index (χ1n) is 9.58. The van der Waals surface area contributed by atoms with E-state index in [1.165, 1.54) is 0 Å². The van der Waals surface area contributed by atoms with E-state index in [4.69, 9.17) is 5.73 Å². The van der Waals surface area contributed by atoms with E-state index in [0.717, 1.165) is 48.1 Å². The van der Waals surface area contributed by atoms with Crippen molar-refractivity contribution >= 4 is 15.7 Å². The summed E-state index contributed by atoms with van der Waals surface area (Å²) >= 11 is 0. The third-order valence-corrected chi connectivity index (χ3v) is 7.93. The molecule has 1 aromatic heterocycles. The summed E-state index contributed by atoms with van der Waals surface area (Å²) in [4.78, 5) is 9.13. The number of aryl methyl sites for hydroxylation is 1. The Morgan fingerprint density at radius 3 is 2.61 bits per heavy atom. The van der Waals surface area contributed by atoms with Crippen LogP contribution >= 0.6 is 0 Å². The van der Waals surface area contributed by atoms with Crippen LogP contribution < -0.4 is 5.73 Å². The molecule has 0 atom stereocenters. The summed E-state index contributed by atoms with van der Waals surface area (Å²) in [5, 5.41) is 9.78. The largest absolute Gasteiger partial charge is 0.396 e. The fraction of sp³-hybridized carbons (Fsp3) is 0.429. The monoisotopic (exact) mass is 399 g/mol. The number of nitrogens with zero attached hydrogens (tertiary/aromatic N) is 2. The predicted octanol–water partition coefficient (Wildman–Crippen LogP) is 2.60. The number of aliphatic imine (C=N–C) groups is 1. The molecule has 28 heavy (non-hydrogen) atoms. The van der Waals surface area contributed by atoms with Crippen molar-refractivity contribution in [2.45, 2.75) is 44.0 Å². The number of hydrogen-bond acceptors (Lipinski definition) is 6. The van der Waals surface area contributed by atoms with Gasteiger partial charge in [0.1, 0.15) is 11.5 Å². The van der Waals surface area contributed by atoms with Crippen LogP contribution in [0.3, 0.4) is 0 Å². The van der Waals surface area contributed by atoms with Gasteiger partial charge in [0.05, 0.1) is 22.9 Å². The molecule has 0 amide bonds. The molecule has 1 saturated carbocycles. The van der Waals surface area contributed by atoms with Crippen molar-refractivity contribution in [1.29, 1.82) is 0 Å². The van der Waals surface area contributed by atoms with E-state index >= 15 is 0 Å². The highest BCUT2D eigenvalue weighted by Crippen LogP contribution is 2.40. The highest BCUT2D eigenvalue weighted by Gasteiger charge is 2.38. The number of rotatable bonds is 5. The molecule has 7 heteroatoms. The number of nitrogens with two attached hydrogens (primary N) is 1. The molecule has 0 saturated heterocycles. The van der Waals surface area contributed by atoms with Gasteiger partial charge in [-0.05, 0) is 43.5 Å². The van der Waals surface area contributed by atoms with Gasteiger partial charge in [0.2, 0.25) is 0 Å². The second-order valence-electron chi connectivity index (χ2n) is 8.01. The first-order chi connectivity index (χ1) is 13.3. The fourth-order valence-electron chi connectivity index (χ4n) is 4.31. The van der Waals surface area contributed by atoms with Gasteiger partial charge in [0, 0.05) is 23.1 Å². The summed E-state index contributed by atoms with van der Waals surface area (Å²) in [6, 6.07) is 9.04. The smallest absolute Gasteiger partial charge is 0.179 e. The minimum Gasteiger partial charge on any atom is -0.396 e. The van der Waals surface area contributed by atoms with E-state index in [9.17, 15) is 13.5 Å². The van der Waals surface area contributed by atoms with Gasteiger partial charge in [-0.1, -0.05) is 25.0 Å². The molecular weight excluding hydrogens is 374 g/mol. The lowest BCUT2D eigenvalue weighted by atomic mass is 9.90. The number of benzene rings is 1. The zero-order valence-corrected chi connectivity index (χ0v) is 16.8. The predicted molar refractivity (Wildman–Crippen MR) is 109 cm³/mol. The van der Waals surface area contributed by atoms with E-state index in [2.05, 4.69) is 9.98 Å². The number of sulfone groups is 1. The lowest BCUT2D eigenvalue weighted by Gasteiger charge is -2.26. The first kappa shape index (κ1) is 19.1. The molecule has 2 heterocycles. The van der Waals surface area contributed by atoms with Crippen LogP contribution in [0.5, 0.6) is 0 Å². The maximum Gasteiger partial charge on any atom is 0.179 e. The zero-order valence-electron chi connectivity index (χ0n) is 16.0. The van der Waals surface area contributed by atoms with Crippen LogP contribution in [0.4, 0.5) is 0 Å². The molecule has 1 aromatic carbocycles. The second-order valence-corrected chi connectivity index (χ2v) is 10.00. The summed E-state index contributed by atoms with van der Waals surface area (Å²) in [6.07, 6.45) is 3.48. The Labute approximate surface area is 165 Å². The molecule has 0 bridgehead atoms. The molecular formula is C21H25N3O3S. The third kappa shape index (κ3) is 3.33. The average molecular weight is 400 g/mol. The Morgan fingerprint density at radius 2 is 1.93 bits per heavy atom. The second kappa shape index (κ2) is 6.97. The van der Waals surface area contributed by atoms with Crippen LogP contribution in [-0.4, -0.2) is 36.7 Å². The molecule has 1 aliphatic carbocycles. The molecule has 0 spiro atoms. The maximum atomic E-state index is 13.0. The van der Waals surface area contributed by atoms with Gasteiger partial charge in [-0.15, -0.1) is 0 Å². The molecule has 3 N–H and O–H groups in total. The number of hydrogen-bond donors (Lipinski definition) is 2. The Bertz CT molecular complexity index is 1050. The van der Waals surface area contributed by atoms with Crippen LogP contribution in [0.2, 0.25) is 0 Å². The van der Waals surface area contributed by atoms with Crippen molar-refractivity contribution in [1.82, 2.24) is 4.98 Å². The molecule has 6 nitrogen and oxygen atoms in total. The van der Waals surface area contributed by atoms with Gasteiger partial charge >= 0.3 is 0 Å². The zero-order chi connectivity index (χ0) is 19.9. The number of amidine groups is 1. The normalized spacial score (nSPS) is 18.1. The van der Waals surface area contributed by atoms with E-state index in [1.807, 2.05) is 19.1 Å². The Hall–Kier alpha value is -2.25. The standard InChI is InChI=1S/C21H25N3O3S/c1-14-10-16(28(26,27)13-21(12-25)8-2-3-9-21)5-6-17(14)18-7-4-15-11-23-20(22)19(15)24-18/h4-7,10,25H,2-3,8-9,11-13H2,1H3,(H2,22,23). The Kier molecular flexibility index (Phi) is 4.75. The minimum atomic E-state index is -3.47. The maximum absolute atomic E-state index is 13.0. The lowest BCUT2D eigenvalue weighted by Crippen LogP contribution is -2.31. The average Bonchev–Trinajstić information content (AvgIpc) is 3.28. The summed E-state index contributed by atoms with van der Waals surface area (Å²) < 4.78 is 26.0. The summed E-state index contributed by atoms with van der Waals surface area (Å²) in [6.45, 7) is 2.36. The molecule has 2 aromatic rings. The molecule has 0 radical (unpaired) electrons. The molecule has 1 fully saturated rings. The fourth-order valence-corrected chi connectivity index (χ4v) is 6.29. The van der Waals surface area contributed by atoms with E-state index in [-0.39, 0.29) is 12.4 Å². The summed E-state index contributed by atoms with van der Waals surface area (Å²) in [5.74, 6) is 0.443. The van der Waals surface area contributed by atoms with Crippen molar-refractivity contribution in [3.05, 3.63) is 47.2 Å². The van der Waals surface area contributed by atoms with Crippen molar-refractivity contribution < 1.29 is 13.5 Å². The quantitative estimate of drug-likeness (QED) is 0.804. The molecule has 2 aliphatic rings. The van der Waals surface area contributed by atoms with Crippen molar-refractivity contribution in [3.63, 3.8) is 0 Å². The lowest BCUT2D eigenvalue weighted by molar-refractivity contribution is 0.151. The topological polar surface area (TPSA) is 106 Å². The molecule has 148 valence electrons. The highest BCUT2D eigenvalue weighted by atomic mass is 32.2. The van der Waals surface area contributed by atoms with Gasteiger partial charge in [-0.2, -0.15) is 0 Å². The van der Waals surface area contributed by atoms with Crippen LogP contribution in [0.15, 0.2) is 40.2 Å². The van der Waals surface area contributed by atoms with E-state index in [1.54, 1.807) is 18.2 Å². The number of pyridine rings is 1. The van der Waals surface area contributed by atoms with Gasteiger partial charge in [0.25, 0.3) is 0 Å². The number of aliphatic hydroxyl groups excluding tert-OH is 1. The van der Waals surface area contributed by atoms with E-state index < -0.39 is 15.3 Å². The van der Waals surface area contributed by atoms with Gasteiger partial charge in [0.15, 0.2) is 9.84 Å². The Balaban J connectivity index is 1.65. The number of aromatic nitrogens is 1. The third-order valence-electron chi connectivity index (χ3n) is 5.97. The van der Waals surface area contributed by atoms with E-state index in [0.29, 0.717) is 23.0 Å². The molecule has 1 aliphatic heterocycles. The summed E-state index contributed by atoms with van der Waals surface area (Å²) in [7, 11) is -3.47. The first-order valence-corrected chi connectivity index (χ1v) is 11.2. The molecule has 4 rings (SSSR count). The number of fused-ring (bicyclic) bond motifs is 1. The van der Waals surface area contributed by atoms with Crippen LogP contribution in [0, 0.1) is 12.3 Å². The van der Waals surface area contributed by atoms with Crippen LogP contribution in [0.1, 0.15) is 42.5 Å². The molecule has 0 unspecified atom stereocenters. The number of aliphatic hydroxyl groups is 1. The van der Waals surface area contributed by atoms with Crippen LogP contribution in [0.25, 0.3) is 11.3 Å². The SMILES string of the molecule is Cc1cc(S(=O)(=O)CC2(CO)CCCC2)ccc1-c1ccc2c(n1)C(N)=NC2.